The summed E-state index contributed by atoms with van der Waals surface area (Å²) < 4.78 is 11.1. The first-order chi connectivity index (χ1) is 10.2. The molecule has 1 heterocycles. The van der Waals surface area contributed by atoms with Crippen molar-refractivity contribution in [1.82, 2.24) is 9.80 Å². The predicted octanol–water partition coefficient (Wildman–Crippen LogP) is 1.63. The zero-order valence-corrected chi connectivity index (χ0v) is 12.9. The third-order valence-electron chi connectivity index (χ3n) is 3.63. The van der Waals surface area contributed by atoms with Crippen LogP contribution in [0.3, 0.4) is 0 Å². The van der Waals surface area contributed by atoms with Gasteiger partial charge in [-0.2, -0.15) is 0 Å². The molecular formula is C16H24N2O3. The summed E-state index contributed by atoms with van der Waals surface area (Å²) in [6.45, 7) is 9.30. The molecule has 1 fully saturated rings. The van der Waals surface area contributed by atoms with E-state index in [-0.39, 0.29) is 5.91 Å². The quantitative estimate of drug-likeness (QED) is 0.799. The van der Waals surface area contributed by atoms with Gasteiger partial charge in [-0.05, 0) is 31.2 Å². The van der Waals surface area contributed by atoms with E-state index in [1.54, 1.807) is 6.92 Å². The lowest BCUT2D eigenvalue weighted by molar-refractivity contribution is -0.130. The van der Waals surface area contributed by atoms with Crippen LogP contribution < -0.4 is 9.47 Å². The fourth-order valence-electron chi connectivity index (χ4n) is 2.38. The van der Waals surface area contributed by atoms with E-state index in [4.69, 9.17) is 9.47 Å². The van der Waals surface area contributed by atoms with Crippen molar-refractivity contribution in [3.63, 3.8) is 0 Å². The van der Waals surface area contributed by atoms with Gasteiger partial charge in [0.2, 0.25) is 5.91 Å². The van der Waals surface area contributed by atoms with E-state index in [1.807, 2.05) is 36.1 Å². The summed E-state index contributed by atoms with van der Waals surface area (Å²) in [4.78, 5) is 15.5. The molecular weight excluding hydrogens is 268 g/mol. The molecule has 1 aromatic carbocycles. The number of nitrogens with zero attached hydrogens (tertiary/aromatic N) is 2. The van der Waals surface area contributed by atoms with E-state index in [0.29, 0.717) is 13.2 Å². The molecule has 0 atom stereocenters. The maximum atomic E-state index is 11.3. The van der Waals surface area contributed by atoms with Crippen molar-refractivity contribution in [3.05, 3.63) is 24.3 Å². The molecule has 21 heavy (non-hydrogen) atoms. The van der Waals surface area contributed by atoms with Gasteiger partial charge in [-0.25, -0.2) is 0 Å². The molecule has 1 aliphatic heterocycles. The molecule has 1 saturated heterocycles. The predicted molar refractivity (Wildman–Crippen MR) is 81.8 cm³/mol. The number of hydrogen-bond acceptors (Lipinski definition) is 4. The van der Waals surface area contributed by atoms with Crippen molar-refractivity contribution in [2.75, 3.05) is 45.9 Å². The maximum absolute atomic E-state index is 11.3. The molecule has 0 bridgehead atoms. The molecule has 2 rings (SSSR count). The fourth-order valence-corrected chi connectivity index (χ4v) is 2.38. The first kappa shape index (κ1) is 15.6. The summed E-state index contributed by atoms with van der Waals surface area (Å²) in [5.74, 6) is 1.89. The second kappa shape index (κ2) is 7.88. The summed E-state index contributed by atoms with van der Waals surface area (Å²) in [7, 11) is 0. The monoisotopic (exact) mass is 292 g/mol. The molecule has 0 N–H and O–H groups in total. The van der Waals surface area contributed by atoms with E-state index < -0.39 is 0 Å². The van der Waals surface area contributed by atoms with E-state index in [9.17, 15) is 4.79 Å². The van der Waals surface area contributed by atoms with Crippen molar-refractivity contribution in [2.45, 2.75) is 13.8 Å². The lowest BCUT2D eigenvalue weighted by Gasteiger charge is -2.34. The highest BCUT2D eigenvalue weighted by Gasteiger charge is 2.17. The van der Waals surface area contributed by atoms with Crippen molar-refractivity contribution in [1.29, 1.82) is 0 Å². The summed E-state index contributed by atoms with van der Waals surface area (Å²) in [6.07, 6.45) is 0. The molecule has 1 amide bonds. The topological polar surface area (TPSA) is 42.0 Å². The Morgan fingerprint density at radius 1 is 1.05 bits per heavy atom. The van der Waals surface area contributed by atoms with Crippen molar-refractivity contribution in [3.8, 4) is 11.5 Å². The van der Waals surface area contributed by atoms with Crippen molar-refractivity contribution >= 4 is 5.91 Å². The first-order valence-electron chi connectivity index (χ1n) is 7.52. The minimum atomic E-state index is 0.167. The zero-order chi connectivity index (χ0) is 15.1. The third kappa shape index (κ3) is 4.93. The molecule has 1 aliphatic rings. The Kier molecular flexibility index (Phi) is 5.87. The molecule has 0 saturated carbocycles. The summed E-state index contributed by atoms with van der Waals surface area (Å²) in [5, 5.41) is 0. The largest absolute Gasteiger partial charge is 0.494 e. The molecule has 5 heteroatoms. The lowest BCUT2D eigenvalue weighted by Crippen LogP contribution is -2.48. The normalized spacial score (nSPS) is 15.8. The van der Waals surface area contributed by atoms with Gasteiger partial charge >= 0.3 is 0 Å². The smallest absolute Gasteiger partial charge is 0.219 e. The van der Waals surface area contributed by atoms with Crippen LogP contribution in [0.1, 0.15) is 13.8 Å². The van der Waals surface area contributed by atoms with Crippen LogP contribution in [0, 0.1) is 0 Å². The second-order valence-electron chi connectivity index (χ2n) is 5.10. The van der Waals surface area contributed by atoms with Crippen LogP contribution >= 0.6 is 0 Å². The third-order valence-corrected chi connectivity index (χ3v) is 3.63. The van der Waals surface area contributed by atoms with Gasteiger partial charge in [0.1, 0.15) is 18.1 Å². The minimum Gasteiger partial charge on any atom is -0.494 e. The minimum absolute atomic E-state index is 0.167. The number of rotatable bonds is 6. The Balaban J connectivity index is 1.66. The molecule has 0 spiro atoms. The Hall–Kier alpha value is -1.75. The van der Waals surface area contributed by atoms with Gasteiger partial charge in [-0.3, -0.25) is 9.69 Å². The molecule has 5 nitrogen and oxygen atoms in total. The molecule has 0 radical (unpaired) electrons. The Labute approximate surface area is 126 Å². The number of piperazine rings is 1. The zero-order valence-electron chi connectivity index (χ0n) is 12.9. The number of hydrogen-bond donors (Lipinski definition) is 0. The van der Waals surface area contributed by atoms with Gasteiger partial charge < -0.3 is 14.4 Å². The van der Waals surface area contributed by atoms with Crippen LogP contribution in [0.25, 0.3) is 0 Å². The van der Waals surface area contributed by atoms with E-state index in [2.05, 4.69) is 4.90 Å². The first-order valence-corrected chi connectivity index (χ1v) is 7.52. The SMILES string of the molecule is CCOc1ccc(OCCN2CCN(C(C)=O)CC2)cc1. The molecule has 0 aliphatic carbocycles. The van der Waals surface area contributed by atoms with Crippen LogP contribution in [0.2, 0.25) is 0 Å². The second-order valence-corrected chi connectivity index (χ2v) is 5.10. The van der Waals surface area contributed by atoms with Crippen LogP contribution in [0.4, 0.5) is 0 Å². The Morgan fingerprint density at radius 3 is 2.14 bits per heavy atom. The van der Waals surface area contributed by atoms with Crippen LogP contribution in [-0.2, 0) is 4.79 Å². The number of carbonyl (C=O) groups is 1. The summed E-state index contributed by atoms with van der Waals surface area (Å²) >= 11 is 0. The van der Waals surface area contributed by atoms with Gasteiger partial charge in [0.15, 0.2) is 0 Å². The van der Waals surface area contributed by atoms with Gasteiger partial charge in [-0.15, -0.1) is 0 Å². The standard InChI is InChI=1S/C16H24N2O3/c1-3-20-15-4-6-16(7-5-15)21-13-12-17-8-10-18(11-9-17)14(2)19/h4-7H,3,8-13H2,1-2H3. The number of ether oxygens (including phenoxy) is 2. The number of amides is 1. The van der Waals surface area contributed by atoms with E-state index in [0.717, 1.165) is 44.2 Å². The maximum Gasteiger partial charge on any atom is 0.219 e. The van der Waals surface area contributed by atoms with Crippen LogP contribution in [-0.4, -0.2) is 61.6 Å². The number of carbonyl (C=O) groups excluding carboxylic acids is 1. The summed E-state index contributed by atoms with van der Waals surface area (Å²) in [5.41, 5.74) is 0. The highest BCUT2D eigenvalue weighted by Crippen LogP contribution is 2.17. The van der Waals surface area contributed by atoms with Crippen molar-refractivity contribution < 1.29 is 14.3 Å². The number of benzene rings is 1. The van der Waals surface area contributed by atoms with E-state index >= 15 is 0 Å². The fraction of sp³-hybridized carbons (Fsp3) is 0.562. The van der Waals surface area contributed by atoms with Crippen molar-refractivity contribution in [2.24, 2.45) is 0 Å². The Bertz CT molecular complexity index is 439. The molecule has 116 valence electrons. The Morgan fingerprint density at radius 2 is 1.62 bits per heavy atom. The average Bonchev–Trinajstić information content (AvgIpc) is 2.50. The van der Waals surface area contributed by atoms with Crippen LogP contribution in [0.15, 0.2) is 24.3 Å². The highest BCUT2D eigenvalue weighted by molar-refractivity contribution is 5.73. The van der Waals surface area contributed by atoms with Gasteiger partial charge in [0.05, 0.1) is 6.61 Å². The van der Waals surface area contributed by atoms with Crippen LogP contribution in [0.5, 0.6) is 11.5 Å². The highest BCUT2D eigenvalue weighted by atomic mass is 16.5. The molecule has 1 aromatic rings. The summed E-state index contributed by atoms with van der Waals surface area (Å²) in [6, 6.07) is 7.70. The van der Waals surface area contributed by atoms with Gasteiger partial charge in [0.25, 0.3) is 0 Å². The van der Waals surface area contributed by atoms with Gasteiger partial charge in [-0.1, -0.05) is 0 Å². The average molecular weight is 292 g/mol. The molecule has 0 unspecified atom stereocenters. The van der Waals surface area contributed by atoms with E-state index in [1.165, 1.54) is 0 Å². The molecule has 0 aromatic heterocycles. The lowest BCUT2D eigenvalue weighted by atomic mass is 10.3. The van der Waals surface area contributed by atoms with Gasteiger partial charge in [0, 0.05) is 39.6 Å².